The van der Waals surface area contributed by atoms with Crippen LogP contribution in [0.4, 0.5) is 0 Å². The van der Waals surface area contributed by atoms with Crippen molar-refractivity contribution in [3.8, 4) is 0 Å². The van der Waals surface area contributed by atoms with Gasteiger partial charge in [0, 0.05) is 45.5 Å². The van der Waals surface area contributed by atoms with Gasteiger partial charge in [0.1, 0.15) is 0 Å². The smallest absolute Gasteiger partial charge is 0.193 e. The lowest BCUT2D eigenvalue weighted by atomic mass is 10.1. The standard InChI is InChI=1S/C15H27N5/c1-6-16-14(17-9-13-7-15(13,2)3)19(4)10-12-8-18-20(5)11-12/h8,11,13H,6-7,9-10H2,1-5H3,(H,16,17). The van der Waals surface area contributed by atoms with Crippen LogP contribution in [0.5, 0.6) is 0 Å². The van der Waals surface area contributed by atoms with Crippen LogP contribution in [0, 0.1) is 11.3 Å². The first kappa shape index (κ1) is 14.9. The minimum atomic E-state index is 0.489. The number of hydrogen-bond acceptors (Lipinski definition) is 2. The van der Waals surface area contributed by atoms with Crippen molar-refractivity contribution in [1.29, 1.82) is 0 Å². The van der Waals surface area contributed by atoms with Gasteiger partial charge in [0.25, 0.3) is 0 Å². The van der Waals surface area contributed by atoms with Crippen molar-refractivity contribution in [3.63, 3.8) is 0 Å². The van der Waals surface area contributed by atoms with Crippen LogP contribution in [0.1, 0.15) is 32.8 Å². The lowest BCUT2D eigenvalue weighted by molar-refractivity contribution is 0.473. The highest BCUT2D eigenvalue weighted by atomic mass is 15.3. The van der Waals surface area contributed by atoms with Gasteiger partial charge in [0.05, 0.1) is 6.20 Å². The number of aliphatic imine (C=N–C) groups is 1. The molecule has 0 radical (unpaired) electrons. The summed E-state index contributed by atoms with van der Waals surface area (Å²) in [7, 11) is 4.02. The predicted octanol–water partition coefficient (Wildman–Crippen LogP) is 1.86. The molecule has 112 valence electrons. The fourth-order valence-corrected chi connectivity index (χ4v) is 2.46. The summed E-state index contributed by atoms with van der Waals surface area (Å²) in [4.78, 5) is 6.94. The van der Waals surface area contributed by atoms with E-state index >= 15 is 0 Å². The maximum absolute atomic E-state index is 4.78. The topological polar surface area (TPSA) is 45.5 Å². The average Bonchev–Trinajstić information content (AvgIpc) is 2.77. The van der Waals surface area contributed by atoms with E-state index < -0.39 is 0 Å². The van der Waals surface area contributed by atoms with Crippen molar-refractivity contribution >= 4 is 5.96 Å². The lowest BCUT2D eigenvalue weighted by Gasteiger charge is -2.21. The summed E-state index contributed by atoms with van der Waals surface area (Å²) in [6.07, 6.45) is 5.25. The molecule has 1 saturated carbocycles. The summed E-state index contributed by atoms with van der Waals surface area (Å²) >= 11 is 0. The lowest BCUT2D eigenvalue weighted by Crippen LogP contribution is -2.38. The Hall–Kier alpha value is -1.52. The molecule has 1 atom stereocenters. The summed E-state index contributed by atoms with van der Waals surface area (Å²) in [6, 6.07) is 0. The number of hydrogen-bond donors (Lipinski definition) is 1. The molecule has 0 spiro atoms. The maximum Gasteiger partial charge on any atom is 0.193 e. The zero-order valence-corrected chi connectivity index (χ0v) is 13.3. The van der Waals surface area contributed by atoms with E-state index in [9.17, 15) is 0 Å². The number of nitrogens with zero attached hydrogens (tertiary/aromatic N) is 4. The van der Waals surface area contributed by atoms with Gasteiger partial charge in [-0.1, -0.05) is 13.8 Å². The zero-order chi connectivity index (χ0) is 14.8. The van der Waals surface area contributed by atoms with E-state index in [0.717, 1.165) is 31.5 Å². The summed E-state index contributed by atoms with van der Waals surface area (Å²) < 4.78 is 1.83. The van der Waals surface area contributed by atoms with Crippen molar-refractivity contribution < 1.29 is 0 Å². The molecule has 0 aliphatic heterocycles. The number of nitrogens with one attached hydrogen (secondary N) is 1. The van der Waals surface area contributed by atoms with Gasteiger partial charge in [0.2, 0.25) is 0 Å². The largest absolute Gasteiger partial charge is 0.357 e. The summed E-state index contributed by atoms with van der Waals surface area (Å²) in [5.41, 5.74) is 1.69. The first-order valence-electron chi connectivity index (χ1n) is 7.39. The van der Waals surface area contributed by atoms with Gasteiger partial charge in [0.15, 0.2) is 5.96 Å². The number of aromatic nitrogens is 2. The minimum absolute atomic E-state index is 0.489. The number of aryl methyl sites for hydroxylation is 1. The van der Waals surface area contributed by atoms with Crippen molar-refractivity contribution in [2.75, 3.05) is 20.1 Å². The molecule has 5 heteroatoms. The molecule has 2 rings (SSSR count). The minimum Gasteiger partial charge on any atom is -0.357 e. The first-order chi connectivity index (χ1) is 9.42. The van der Waals surface area contributed by atoms with Crippen molar-refractivity contribution in [3.05, 3.63) is 18.0 Å². The van der Waals surface area contributed by atoms with Crippen LogP contribution in [-0.4, -0.2) is 40.8 Å². The molecule has 1 aromatic rings. The van der Waals surface area contributed by atoms with Gasteiger partial charge in [-0.05, 0) is 24.7 Å². The monoisotopic (exact) mass is 277 g/mol. The zero-order valence-electron chi connectivity index (χ0n) is 13.3. The van der Waals surface area contributed by atoms with E-state index in [0.29, 0.717) is 5.41 Å². The summed E-state index contributed by atoms with van der Waals surface area (Å²) in [5.74, 6) is 1.72. The molecule has 20 heavy (non-hydrogen) atoms. The fourth-order valence-electron chi connectivity index (χ4n) is 2.46. The Kier molecular flexibility index (Phi) is 4.35. The van der Waals surface area contributed by atoms with Gasteiger partial charge in [-0.2, -0.15) is 5.10 Å². The molecule has 1 fully saturated rings. The highest BCUT2D eigenvalue weighted by Gasteiger charge is 2.45. The van der Waals surface area contributed by atoms with Crippen LogP contribution >= 0.6 is 0 Å². The molecule has 0 aromatic carbocycles. The van der Waals surface area contributed by atoms with Gasteiger partial charge < -0.3 is 10.2 Å². The molecule has 0 bridgehead atoms. The van der Waals surface area contributed by atoms with Crippen LogP contribution in [-0.2, 0) is 13.6 Å². The maximum atomic E-state index is 4.78. The third kappa shape index (κ3) is 3.74. The normalized spacial score (nSPS) is 20.9. The Morgan fingerprint density at radius 2 is 2.30 bits per heavy atom. The number of rotatable bonds is 5. The van der Waals surface area contributed by atoms with Crippen LogP contribution in [0.3, 0.4) is 0 Å². The molecule has 0 saturated heterocycles. The van der Waals surface area contributed by atoms with Gasteiger partial charge >= 0.3 is 0 Å². The molecule has 1 aliphatic carbocycles. The Morgan fingerprint density at radius 3 is 2.80 bits per heavy atom. The fraction of sp³-hybridized carbons (Fsp3) is 0.733. The molecular formula is C15H27N5. The van der Waals surface area contributed by atoms with Crippen LogP contribution in [0.2, 0.25) is 0 Å². The Morgan fingerprint density at radius 1 is 1.60 bits per heavy atom. The second-order valence-electron chi connectivity index (χ2n) is 6.46. The second-order valence-corrected chi connectivity index (χ2v) is 6.46. The number of guanidine groups is 1. The van der Waals surface area contributed by atoms with Crippen molar-refractivity contribution in [2.24, 2.45) is 23.4 Å². The SMILES string of the molecule is CCNC(=NCC1CC1(C)C)N(C)Cc1cnn(C)c1. The molecule has 1 heterocycles. The molecule has 5 nitrogen and oxygen atoms in total. The van der Waals surface area contributed by atoms with E-state index in [2.05, 4.69) is 43.1 Å². The quantitative estimate of drug-likeness (QED) is 0.660. The summed E-state index contributed by atoms with van der Waals surface area (Å²) in [5, 5.41) is 7.58. The molecule has 1 N–H and O–H groups in total. The average molecular weight is 277 g/mol. The van der Waals surface area contributed by atoms with E-state index in [1.807, 2.05) is 24.1 Å². The Labute approximate surface area is 122 Å². The molecule has 1 unspecified atom stereocenters. The molecule has 1 aliphatic rings. The van der Waals surface area contributed by atoms with Crippen LogP contribution < -0.4 is 5.32 Å². The predicted molar refractivity (Wildman–Crippen MR) is 82.5 cm³/mol. The van der Waals surface area contributed by atoms with Gasteiger partial charge in [-0.15, -0.1) is 0 Å². The Bertz CT molecular complexity index is 474. The third-order valence-corrected chi connectivity index (χ3v) is 4.05. The highest BCUT2D eigenvalue weighted by Crippen LogP contribution is 2.51. The third-order valence-electron chi connectivity index (χ3n) is 4.05. The van der Waals surface area contributed by atoms with Crippen molar-refractivity contribution in [1.82, 2.24) is 20.0 Å². The second kappa shape index (κ2) is 5.85. The molecule has 0 amide bonds. The highest BCUT2D eigenvalue weighted by molar-refractivity contribution is 5.79. The van der Waals surface area contributed by atoms with E-state index in [-0.39, 0.29) is 0 Å². The molecular weight excluding hydrogens is 250 g/mol. The molecule has 1 aromatic heterocycles. The first-order valence-corrected chi connectivity index (χ1v) is 7.39. The van der Waals surface area contributed by atoms with E-state index in [1.54, 1.807) is 0 Å². The van der Waals surface area contributed by atoms with Crippen LogP contribution in [0.15, 0.2) is 17.4 Å². The van der Waals surface area contributed by atoms with Gasteiger partial charge in [-0.3, -0.25) is 9.67 Å². The van der Waals surface area contributed by atoms with Gasteiger partial charge in [-0.25, -0.2) is 0 Å². The van der Waals surface area contributed by atoms with E-state index in [4.69, 9.17) is 4.99 Å². The Balaban J connectivity index is 1.94. The summed E-state index contributed by atoms with van der Waals surface area (Å²) in [6.45, 7) is 9.39. The van der Waals surface area contributed by atoms with Crippen LogP contribution in [0.25, 0.3) is 0 Å². The van der Waals surface area contributed by atoms with E-state index in [1.165, 1.54) is 12.0 Å². The van der Waals surface area contributed by atoms with Crippen molar-refractivity contribution in [2.45, 2.75) is 33.7 Å².